The van der Waals surface area contributed by atoms with Gasteiger partial charge in [0.25, 0.3) is 0 Å². The highest BCUT2D eigenvalue weighted by atomic mass is 15.1. The van der Waals surface area contributed by atoms with E-state index in [4.69, 9.17) is 4.98 Å². The van der Waals surface area contributed by atoms with Crippen molar-refractivity contribution in [2.75, 3.05) is 13.1 Å². The van der Waals surface area contributed by atoms with Gasteiger partial charge >= 0.3 is 0 Å². The highest BCUT2D eigenvalue weighted by Gasteiger charge is 2.16. The third-order valence-electron chi connectivity index (χ3n) is 6.00. The molecule has 0 amide bonds. The van der Waals surface area contributed by atoms with E-state index in [2.05, 4.69) is 75.1 Å². The van der Waals surface area contributed by atoms with Gasteiger partial charge < -0.3 is 0 Å². The Labute approximate surface area is 171 Å². The summed E-state index contributed by atoms with van der Waals surface area (Å²) in [7, 11) is 0. The van der Waals surface area contributed by atoms with Crippen molar-refractivity contribution in [3.63, 3.8) is 0 Å². The van der Waals surface area contributed by atoms with Gasteiger partial charge in [0.1, 0.15) is 0 Å². The first-order valence-corrected chi connectivity index (χ1v) is 11.0. The van der Waals surface area contributed by atoms with Crippen LogP contribution < -0.4 is 0 Å². The van der Waals surface area contributed by atoms with Crippen molar-refractivity contribution in [3.8, 4) is 0 Å². The minimum atomic E-state index is 0.535. The Morgan fingerprint density at radius 2 is 1.96 bits per heavy atom. The molecule has 1 unspecified atom stereocenters. The van der Waals surface area contributed by atoms with E-state index in [0.29, 0.717) is 5.92 Å². The molecule has 0 fully saturated rings. The average molecular weight is 377 g/mol. The number of rotatable bonds is 8. The van der Waals surface area contributed by atoms with E-state index < -0.39 is 0 Å². The predicted octanol–water partition coefficient (Wildman–Crippen LogP) is 6.45. The molecule has 1 aliphatic heterocycles. The van der Waals surface area contributed by atoms with E-state index in [1.807, 2.05) is 0 Å². The van der Waals surface area contributed by atoms with Crippen LogP contribution in [0.3, 0.4) is 0 Å². The lowest BCUT2D eigenvalue weighted by Crippen LogP contribution is -2.31. The third kappa shape index (κ3) is 5.54. The number of hydrogen-bond donors (Lipinski definition) is 0. The molecule has 3 rings (SSSR count). The minimum Gasteiger partial charge on any atom is -0.299 e. The zero-order valence-corrected chi connectivity index (χ0v) is 18.2. The molecule has 0 bridgehead atoms. The van der Waals surface area contributed by atoms with Crippen molar-refractivity contribution in [3.05, 3.63) is 70.0 Å². The van der Waals surface area contributed by atoms with Crippen LogP contribution >= 0.6 is 0 Å². The van der Waals surface area contributed by atoms with Gasteiger partial charge in [0.15, 0.2) is 0 Å². The monoisotopic (exact) mass is 376 g/mol. The lowest BCUT2D eigenvalue weighted by Gasteiger charge is -2.29. The number of hydrogen-bond acceptors (Lipinski definition) is 2. The van der Waals surface area contributed by atoms with Gasteiger partial charge in [-0.3, -0.25) is 9.88 Å². The molecule has 1 atom stereocenters. The number of aryl methyl sites for hydroxylation is 2. The number of nitrogens with zero attached hydrogens (tertiary/aromatic N) is 2. The largest absolute Gasteiger partial charge is 0.299 e. The van der Waals surface area contributed by atoms with Crippen LogP contribution in [0.4, 0.5) is 0 Å². The van der Waals surface area contributed by atoms with Gasteiger partial charge in [-0.15, -0.1) is 0 Å². The SMILES string of the molecule is CC/C=C\c1ccc(C(C)CCCCN2CCc3ccc(C)cc3C2)nc1C. The van der Waals surface area contributed by atoms with Gasteiger partial charge in [0, 0.05) is 24.5 Å². The molecule has 0 radical (unpaired) electrons. The molecule has 0 N–H and O–H groups in total. The highest BCUT2D eigenvalue weighted by molar-refractivity contribution is 5.51. The molecule has 1 aliphatic rings. The lowest BCUT2D eigenvalue weighted by molar-refractivity contribution is 0.247. The second-order valence-electron chi connectivity index (χ2n) is 8.42. The molecular weight excluding hydrogens is 340 g/mol. The van der Waals surface area contributed by atoms with Crippen LogP contribution in [-0.4, -0.2) is 23.0 Å². The van der Waals surface area contributed by atoms with Crippen LogP contribution in [0.2, 0.25) is 0 Å². The maximum absolute atomic E-state index is 4.87. The fourth-order valence-corrected chi connectivity index (χ4v) is 4.16. The van der Waals surface area contributed by atoms with Crippen LogP contribution in [0.25, 0.3) is 6.08 Å². The molecule has 2 heteroatoms. The van der Waals surface area contributed by atoms with E-state index in [9.17, 15) is 0 Å². The molecule has 0 saturated heterocycles. The molecule has 0 spiro atoms. The lowest BCUT2D eigenvalue weighted by atomic mass is 9.96. The third-order valence-corrected chi connectivity index (χ3v) is 6.00. The highest BCUT2D eigenvalue weighted by Crippen LogP contribution is 2.23. The summed E-state index contributed by atoms with van der Waals surface area (Å²) in [6.45, 7) is 12.4. The van der Waals surface area contributed by atoms with Crippen molar-refractivity contribution in [2.45, 2.75) is 72.3 Å². The van der Waals surface area contributed by atoms with Crippen LogP contribution in [0, 0.1) is 13.8 Å². The number of aromatic nitrogens is 1. The second-order valence-corrected chi connectivity index (χ2v) is 8.42. The topological polar surface area (TPSA) is 16.1 Å². The Bertz CT molecular complexity index is 806. The molecule has 1 aromatic heterocycles. The summed E-state index contributed by atoms with van der Waals surface area (Å²) in [5.41, 5.74) is 8.11. The van der Waals surface area contributed by atoms with Crippen LogP contribution in [0.5, 0.6) is 0 Å². The van der Waals surface area contributed by atoms with Gasteiger partial charge in [-0.05, 0) is 74.8 Å². The Morgan fingerprint density at radius 3 is 2.75 bits per heavy atom. The van der Waals surface area contributed by atoms with Gasteiger partial charge in [0.2, 0.25) is 0 Å². The molecular formula is C26H36N2. The molecule has 0 saturated carbocycles. The number of fused-ring (bicyclic) bond motifs is 1. The quantitative estimate of drug-likeness (QED) is 0.492. The van der Waals surface area contributed by atoms with Gasteiger partial charge in [-0.1, -0.05) is 62.2 Å². The smallest absolute Gasteiger partial charge is 0.0448 e. The van der Waals surface area contributed by atoms with E-state index in [1.165, 1.54) is 61.2 Å². The van der Waals surface area contributed by atoms with Crippen LogP contribution in [0.1, 0.15) is 79.1 Å². The van der Waals surface area contributed by atoms with Crippen LogP contribution in [0.15, 0.2) is 36.4 Å². The zero-order valence-electron chi connectivity index (χ0n) is 18.2. The Hall–Kier alpha value is -1.93. The van der Waals surface area contributed by atoms with E-state index in [1.54, 1.807) is 5.56 Å². The molecule has 150 valence electrons. The summed E-state index contributed by atoms with van der Waals surface area (Å²) in [6.07, 6.45) is 10.4. The zero-order chi connectivity index (χ0) is 19.9. The van der Waals surface area contributed by atoms with Gasteiger partial charge in [-0.2, -0.15) is 0 Å². The summed E-state index contributed by atoms with van der Waals surface area (Å²) in [6, 6.07) is 11.4. The molecule has 28 heavy (non-hydrogen) atoms. The minimum absolute atomic E-state index is 0.535. The normalized spacial score (nSPS) is 15.7. The summed E-state index contributed by atoms with van der Waals surface area (Å²) in [4.78, 5) is 7.49. The molecule has 0 aliphatic carbocycles. The summed E-state index contributed by atoms with van der Waals surface area (Å²) in [5, 5.41) is 0. The fourth-order valence-electron chi connectivity index (χ4n) is 4.16. The average Bonchev–Trinajstić information content (AvgIpc) is 2.69. The maximum Gasteiger partial charge on any atom is 0.0448 e. The van der Waals surface area contributed by atoms with Crippen molar-refractivity contribution < 1.29 is 0 Å². The predicted molar refractivity (Wildman–Crippen MR) is 121 cm³/mol. The summed E-state index contributed by atoms with van der Waals surface area (Å²) < 4.78 is 0. The number of unbranched alkanes of at least 4 members (excludes halogenated alkanes) is 1. The van der Waals surface area contributed by atoms with E-state index >= 15 is 0 Å². The number of allylic oxidation sites excluding steroid dienone is 1. The first-order chi connectivity index (χ1) is 13.6. The number of benzene rings is 1. The van der Waals surface area contributed by atoms with Crippen molar-refractivity contribution in [2.24, 2.45) is 0 Å². The second kappa shape index (κ2) is 10.0. The maximum atomic E-state index is 4.87. The number of pyridine rings is 1. The molecule has 2 nitrogen and oxygen atoms in total. The first kappa shape index (κ1) is 20.8. The fraction of sp³-hybridized carbons (Fsp3) is 0.500. The van der Waals surface area contributed by atoms with Crippen molar-refractivity contribution in [1.29, 1.82) is 0 Å². The summed E-state index contributed by atoms with van der Waals surface area (Å²) >= 11 is 0. The molecule has 1 aromatic carbocycles. The van der Waals surface area contributed by atoms with E-state index in [-0.39, 0.29) is 0 Å². The van der Waals surface area contributed by atoms with Crippen molar-refractivity contribution >= 4 is 6.08 Å². The summed E-state index contributed by atoms with van der Waals surface area (Å²) in [5.74, 6) is 0.535. The van der Waals surface area contributed by atoms with Crippen LogP contribution in [-0.2, 0) is 13.0 Å². The van der Waals surface area contributed by atoms with Gasteiger partial charge in [0.05, 0.1) is 0 Å². The van der Waals surface area contributed by atoms with E-state index in [0.717, 1.165) is 18.7 Å². The Morgan fingerprint density at radius 1 is 1.11 bits per heavy atom. The molecule has 2 heterocycles. The Balaban J connectivity index is 1.44. The first-order valence-electron chi connectivity index (χ1n) is 11.0. The Kier molecular flexibility index (Phi) is 7.44. The standard InChI is InChI=1S/C26H36N2/c1-5-6-10-23-13-14-26(27-22(23)4)21(3)9-7-8-16-28-17-15-24-12-11-20(2)18-25(24)19-28/h6,10-14,18,21H,5,7-9,15-17,19H2,1-4H3/b10-6-. The molecule has 2 aromatic rings. The van der Waals surface area contributed by atoms with Gasteiger partial charge in [-0.25, -0.2) is 0 Å². The van der Waals surface area contributed by atoms with Crippen molar-refractivity contribution in [1.82, 2.24) is 9.88 Å².